The summed E-state index contributed by atoms with van der Waals surface area (Å²) < 4.78 is 5.17. The molecule has 0 aliphatic heterocycles. The minimum atomic E-state index is 0.846. The van der Waals surface area contributed by atoms with Gasteiger partial charge in [0.15, 0.2) is 0 Å². The number of nitrogens with zero attached hydrogens (tertiary/aromatic N) is 1. The van der Waals surface area contributed by atoms with Gasteiger partial charge in [0, 0.05) is 11.8 Å². The van der Waals surface area contributed by atoms with Gasteiger partial charge < -0.3 is 4.74 Å². The fraction of sp³-hybridized carbons (Fsp3) is 0.0455. The summed E-state index contributed by atoms with van der Waals surface area (Å²) in [5.41, 5.74) is 4.25. The molecule has 2 nitrogen and oxygen atoms in total. The first-order valence-corrected chi connectivity index (χ1v) is 7.85. The first-order valence-electron chi connectivity index (χ1n) is 7.85. The molecule has 0 aliphatic carbocycles. The number of para-hydroxylation sites is 1. The normalized spacial score (nSPS) is 11.2. The van der Waals surface area contributed by atoms with Crippen LogP contribution in [0, 0.1) is 0 Å². The van der Waals surface area contributed by atoms with Gasteiger partial charge in [-0.15, -0.1) is 0 Å². The Bertz CT molecular complexity index is 833. The molecule has 0 unspecified atom stereocenters. The fourth-order valence-corrected chi connectivity index (χ4v) is 2.33. The van der Waals surface area contributed by atoms with Gasteiger partial charge >= 0.3 is 0 Å². The topological polar surface area (TPSA) is 21.6 Å². The SMILES string of the molecule is COc1ccc(C=Nc2ccccc2C=Cc2ccccc2)cc1. The summed E-state index contributed by atoms with van der Waals surface area (Å²) in [5.74, 6) is 0.846. The molecule has 3 aromatic rings. The summed E-state index contributed by atoms with van der Waals surface area (Å²) in [4.78, 5) is 4.63. The highest BCUT2D eigenvalue weighted by Crippen LogP contribution is 2.21. The minimum absolute atomic E-state index is 0.846. The second-order valence-electron chi connectivity index (χ2n) is 5.33. The summed E-state index contributed by atoms with van der Waals surface area (Å²) in [5, 5.41) is 0. The number of hydrogen-bond donors (Lipinski definition) is 0. The molecule has 0 N–H and O–H groups in total. The van der Waals surface area contributed by atoms with E-state index in [0.717, 1.165) is 22.6 Å². The van der Waals surface area contributed by atoms with Gasteiger partial charge in [0.1, 0.15) is 5.75 Å². The second kappa shape index (κ2) is 7.93. The van der Waals surface area contributed by atoms with Crippen LogP contribution >= 0.6 is 0 Å². The Kier molecular flexibility index (Phi) is 5.21. The van der Waals surface area contributed by atoms with Gasteiger partial charge in [-0.05, 0) is 41.5 Å². The van der Waals surface area contributed by atoms with Crippen molar-refractivity contribution in [3.8, 4) is 5.75 Å². The predicted octanol–water partition coefficient (Wildman–Crippen LogP) is 5.62. The predicted molar refractivity (Wildman–Crippen MR) is 102 cm³/mol. The van der Waals surface area contributed by atoms with Crippen molar-refractivity contribution in [2.45, 2.75) is 0 Å². The average molecular weight is 313 g/mol. The minimum Gasteiger partial charge on any atom is -0.497 e. The van der Waals surface area contributed by atoms with Gasteiger partial charge in [-0.3, -0.25) is 4.99 Å². The Balaban J connectivity index is 1.80. The van der Waals surface area contributed by atoms with E-state index in [1.165, 1.54) is 5.56 Å². The quantitative estimate of drug-likeness (QED) is 0.443. The zero-order valence-corrected chi connectivity index (χ0v) is 13.6. The van der Waals surface area contributed by atoms with Gasteiger partial charge in [-0.2, -0.15) is 0 Å². The number of ether oxygens (including phenoxy) is 1. The van der Waals surface area contributed by atoms with E-state index in [1.54, 1.807) is 7.11 Å². The molecule has 0 aromatic heterocycles. The maximum Gasteiger partial charge on any atom is 0.118 e. The first-order chi connectivity index (χ1) is 11.8. The van der Waals surface area contributed by atoms with Crippen molar-refractivity contribution in [3.05, 3.63) is 95.6 Å². The molecule has 0 atom stereocenters. The van der Waals surface area contributed by atoms with Gasteiger partial charge in [0.25, 0.3) is 0 Å². The largest absolute Gasteiger partial charge is 0.497 e. The van der Waals surface area contributed by atoms with Gasteiger partial charge in [0.2, 0.25) is 0 Å². The third kappa shape index (κ3) is 4.20. The van der Waals surface area contributed by atoms with E-state index in [2.05, 4.69) is 35.3 Å². The van der Waals surface area contributed by atoms with Crippen LogP contribution in [0.15, 0.2) is 83.9 Å². The van der Waals surface area contributed by atoms with E-state index < -0.39 is 0 Å². The van der Waals surface area contributed by atoms with Gasteiger partial charge in [-0.1, -0.05) is 60.7 Å². The molecule has 0 spiro atoms. The molecule has 3 aromatic carbocycles. The molecule has 0 amide bonds. The van der Waals surface area contributed by atoms with E-state index in [1.807, 2.05) is 66.9 Å². The molecule has 0 saturated carbocycles. The number of hydrogen-bond acceptors (Lipinski definition) is 2. The smallest absolute Gasteiger partial charge is 0.118 e. The molecule has 118 valence electrons. The molecule has 0 saturated heterocycles. The Hall–Kier alpha value is -3.13. The van der Waals surface area contributed by atoms with Crippen molar-refractivity contribution in [2.24, 2.45) is 4.99 Å². The highest BCUT2D eigenvalue weighted by molar-refractivity contribution is 5.84. The van der Waals surface area contributed by atoms with Gasteiger partial charge in [0.05, 0.1) is 12.8 Å². The van der Waals surface area contributed by atoms with Crippen LogP contribution in [0.1, 0.15) is 16.7 Å². The van der Waals surface area contributed by atoms with Crippen molar-refractivity contribution in [1.29, 1.82) is 0 Å². The third-order valence-electron chi connectivity index (χ3n) is 3.66. The number of aliphatic imine (C=N–C) groups is 1. The lowest BCUT2D eigenvalue weighted by atomic mass is 10.1. The zero-order chi connectivity index (χ0) is 16.6. The fourth-order valence-electron chi connectivity index (χ4n) is 2.33. The monoisotopic (exact) mass is 313 g/mol. The molecular weight excluding hydrogens is 294 g/mol. The molecule has 0 heterocycles. The van der Waals surface area contributed by atoms with Crippen LogP contribution in [-0.4, -0.2) is 13.3 Å². The number of methoxy groups -OCH3 is 1. The van der Waals surface area contributed by atoms with E-state index in [9.17, 15) is 0 Å². The lowest BCUT2D eigenvalue weighted by molar-refractivity contribution is 0.415. The van der Waals surface area contributed by atoms with E-state index in [0.29, 0.717) is 0 Å². The molecule has 0 bridgehead atoms. The van der Waals surface area contributed by atoms with Crippen LogP contribution in [0.3, 0.4) is 0 Å². The zero-order valence-electron chi connectivity index (χ0n) is 13.6. The molecule has 3 rings (SSSR count). The van der Waals surface area contributed by atoms with Crippen LogP contribution in [0.25, 0.3) is 12.2 Å². The molecule has 0 fully saturated rings. The average Bonchev–Trinajstić information content (AvgIpc) is 2.66. The maximum atomic E-state index is 5.17. The van der Waals surface area contributed by atoms with Crippen molar-refractivity contribution in [1.82, 2.24) is 0 Å². The van der Waals surface area contributed by atoms with Crippen LogP contribution in [0.2, 0.25) is 0 Å². The first kappa shape index (κ1) is 15.8. The van der Waals surface area contributed by atoms with E-state index >= 15 is 0 Å². The Morgan fingerprint density at radius 1 is 0.708 bits per heavy atom. The Morgan fingerprint density at radius 2 is 1.42 bits per heavy atom. The summed E-state index contributed by atoms with van der Waals surface area (Å²) in [6.45, 7) is 0. The number of benzene rings is 3. The third-order valence-corrected chi connectivity index (χ3v) is 3.66. The second-order valence-corrected chi connectivity index (χ2v) is 5.33. The molecular formula is C22H19NO. The molecule has 0 radical (unpaired) electrons. The van der Waals surface area contributed by atoms with E-state index in [-0.39, 0.29) is 0 Å². The molecule has 0 aliphatic rings. The van der Waals surface area contributed by atoms with Crippen molar-refractivity contribution in [3.63, 3.8) is 0 Å². The molecule has 2 heteroatoms. The van der Waals surface area contributed by atoms with Crippen LogP contribution in [0.5, 0.6) is 5.75 Å². The summed E-state index contributed by atoms with van der Waals surface area (Å²) in [7, 11) is 1.67. The van der Waals surface area contributed by atoms with Crippen molar-refractivity contribution < 1.29 is 4.74 Å². The molecule has 24 heavy (non-hydrogen) atoms. The lowest BCUT2D eigenvalue weighted by Crippen LogP contribution is -1.84. The van der Waals surface area contributed by atoms with Crippen LogP contribution in [-0.2, 0) is 0 Å². The number of rotatable bonds is 5. The lowest BCUT2D eigenvalue weighted by Gasteiger charge is -2.01. The Morgan fingerprint density at radius 3 is 2.17 bits per heavy atom. The van der Waals surface area contributed by atoms with Gasteiger partial charge in [-0.25, -0.2) is 0 Å². The standard InChI is InChI=1S/C22H19NO/c1-24-21-15-12-19(13-16-21)17-23-22-10-6-5-9-20(22)14-11-18-7-3-2-4-8-18/h2-17H,1H3. The maximum absolute atomic E-state index is 5.17. The Labute approximate surface area is 142 Å². The van der Waals surface area contributed by atoms with Crippen molar-refractivity contribution >= 4 is 24.1 Å². The summed E-state index contributed by atoms with van der Waals surface area (Å²) in [6.07, 6.45) is 6.06. The summed E-state index contributed by atoms with van der Waals surface area (Å²) >= 11 is 0. The highest BCUT2D eigenvalue weighted by atomic mass is 16.5. The van der Waals surface area contributed by atoms with Crippen molar-refractivity contribution in [2.75, 3.05) is 7.11 Å². The highest BCUT2D eigenvalue weighted by Gasteiger charge is 1.97. The van der Waals surface area contributed by atoms with E-state index in [4.69, 9.17) is 4.74 Å². The summed E-state index contributed by atoms with van der Waals surface area (Å²) in [6, 6.07) is 26.2. The van der Waals surface area contributed by atoms with Crippen LogP contribution < -0.4 is 4.74 Å². The van der Waals surface area contributed by atoms with Crippen LogP contribution in [0.4, 0.5) is 5.69 Å².